The fraction of sp³-hybridized carbons (Fsp3) is 0.133. The van der Waals surface area contributed by atoms with Gasteiger partial charge in [0.1, 0.15) is 0 Å². The maximum Gasteiger partial charge on any atom is 0.178 e. The topological polar surface area (TPSA) is 34.1 Å². The maximum absolute atomic E-state index is 12.5. The first kappa shape index (κ1) is 16.5. The molecule has 21 heavy (non-hydrogen) atoms. The minimum Gasteiger partial charge on any atom is -0.293 e. The molecule has 2 nitrogen and oxygen atoms in total. The van der Waals surface area contributed by atoms with Crippen LogP contribution in [0.15, 0.2) is 47.4 Å². The summed E-state index contributed by atoms with van der Waals surface area (Å²) >= 11 is 17.7. The molecule has 0 aliphatic heterocycles. The zero-order chi connectivity index (χ0) is 15.6. The lowest BCUT2D eigenvalue weighted by molar-refractivity contribution is 0.0992. The van der Waals surface area contributed by atoms with Crippen molar-refractivity contribution in [2.24, 2.45) is 0 Å². The highest BCUT2D eigenvalue weighted by Gasteiger charge is 2.24. The van der Waals surface area contributed by atoms with Crippen LogP contribution in [0.25, 0.3) is 0 Å². The smallest absolute Gasteiger partial charge is 0.178 e. The average Bonchev–Trinajstić information content (AvgIpc) is 2.48. The van der Waals surface area contributed by atoms with Gasteiger partial charge in [-0.05, 0) is 49.4 Å². The summed E-state index contributed by atoms with van der Waals surface area (Å²) in [5, 5.41) is 0.558. The number of halogens is 3. The molecule has 0 fully saturated rings. The van der Waals surface area contributed by atoms with Gasteiger partial charge in [-0.15, -0.1) is 0 Å². The van der Waals surface area contributed by atoms with E-state index in [0.717, 1.165) is 0 Å². The van der Waals surface area contributed by atoms with Crippen LogP contribution in [0.1, 0.15) is 17.3 Å². The van der Waals surface area contributed by atoms with E-state index in [0.29, 0.717) is 25.5 Å². The van der Waals surface area contributed by atoms with Crippen molar-refractivity contribution >= 4 is 51.4 Å². The Labute approximate surface area is 140 Å². The molecule has 0 aliphatic carbocycles. The van der Waals surface area contributed by atoms with Crippen LogP contribution in [0.4, 0.5) is 0 Å². The van der Waals surface area contributed by atoms with Gasteiger partial charge < -0.3 is 0 Å². The number of carbonyl (C=O) groups is 1. The molecule has 0 bridgehead atoms. The second kappa shape index (κ2) is 6.93. The van der Waals surface area contributed by atoms with Crippen molar-refractivity contribution in [1.29, 1.82) is 0 Å². The Morgan fingerprint density at radius 3 is 2.19 bits per heavy atom. The van der Waals surface area contributed by atoms with Crippen LogP contribution in [-0.2, 0) is 10.8 Å². The van der Waals surface area contributed by atoms with Gasteiger partial charge in [0.15, 0.2) is 5.78 Å². The molecule has 0 aliphatic rings. The molecule has 0 saturated heterocycles. The van der Waals surface area contributed by atoms with Gasteiger partial charge in [0.05, 0.1) is 26.0 Å². The van der Waals surface area contributed by atoms with Crippen LogP contribution in [-0.4, -0.2) is 15.2 Å². The average molecular weight is 362 g/mol. The standard InChI is InChI=1S/C15H11Cl3O2S/c1-9(15(19)10-2-4-11(16)5-3-10)21(20)14-8-12(17)6-7-13(14)18/h2-9H,1H3. The van der Waals surface area contributed by atoms with Crippen molar-refractivity contribution in [1.82, 2.24) is 0 Å². The van der Waals surface area contributed by atoms with Gasteiger partial charge in [0.2, 0.25) is 0 Å². The Bertz CT molecular complexity index is 699. The maximum atomic E-state index is 12.5. The van der Waals surface area contributed by atoms with Crippen LogP contribution in [0.2, 0.25) is 15.1 Å². The molecule has 0 saturated carbocycles. The zero-order valence-electron chi connectivity index (χ0n) is 11.0. The molecule has 110 valence electrons. The summed E-state index contributed by atoms with van der Waals surface area (Å²) in [4.78, 5) is 12.7. The molecule has 2 unspecified atom stereocenters. The molecular weight excluding hydrogens is 351 g/mol. The molecule has 0 aromatic heterocycles. The number of hydrogen-bond acceptors (Lipinski definition) is 2. The monoisotopic (exact) mass is 360 g/mol. The highest BCUT2D eigenvalue weighted by molar-refractivity contribution is 7.86. The Kier molecular flexibility index (Phi) is 5.44. The van der Waals surface area contributed by atoms with Crippen LogP contribution in [0.5, 0.6) is 0 Å². The first-order valence-corrected chi connectivity index (χ1v) is 8.40. The first-order chi connectivity index (χ1) is 9.90. The number of Topliss-reactive ketones (excluding diaryl/α,β-unsaturated/α-hetero) is 1. The first-order valence-electron chi connectivity index (χ1n) is 6.05. The van der Waals surface area contributed by atoms with Gasteiger partial charge >= 0.3 is 0 Å². The SMILES string of the molecule is CC(C(=O)c1ccc(Cl)cc1)S(=O)c1cc(Cl)ccc1Cl. The van der Waals surface area contributed by atoms with E-state index in [1.54, 1.807) is 43.3 Å². The van der Waals surface area contributed by atoms with Gasteiger partial charge in [-0.25, -0.2) is 0 Å². The number of hydrogen-bond donors (Lipinski definition) is 0. The lowest BCUT2D eigenvalue weighted by atomic mass is 10.1. The van der Waals surface area contributed by atoms with Crippen molar-refractivity contribution in [2.75, 3.05) is 0 Å². The Morgan fingerprint density at radius 2 is 1.57 bits per heavy atom. The fourth-order valence-electron chi connectivity index (χ4n) is 1.77. The van der Waals surface area contributed by atoms with E-state index < -0.39 is 16.0 Å². The largest absolute Gasteiger partial charge is 0.293 e. The van der Waals surface area contributed by atoms with Gasteiger partial charge in [-0.1, -0.05) is 34.8 Å². The second-order valence-corrected chi connectivity index (χ2v) is 7.41. The van der Waals surface area contributed by atoms with Crippen LogP contribution in [0, 0.1) is 0 Å². The summed E-state index contributed by atoms with van der Waals surface area (Å²) in [5.41, 5.74) is 0.457. The molecule has 2 aromatic rings. The number of carbonyl (C=O) groups excluding carboxylic acids is 1. The van der Waals surface area contributed by atoms with E-state index in [2.05, 4.69) is 0 Å². The minimum absolute atomic E-state index is 0.235. The predicted molar refractivity (Wildman–Crippen MR) is 88.1 cm³/mol. The van der Waals surface area contributed by atoms with Crippen LogP contribution < -0.4 is 0 Å². The molecule has 0 heterocycles. The molecule has 2 rings (SSSR count). The van der Waals surface area contributed by atoms with E-state index >= 15 is 0 Å². The predicted octanol–water partition coefficient (Wildman–Crippen LogP) is 5.03. The highest BCUT2D eigenvalue weighted by Crippen LogP contribution is 2.26. The van der Waals surface area contributed by atoms with Crippen molar-refractivity contribution < 1.29 is 9.00 Å². The summed E-state index contributed by atoms with van der Waals surface area (Å²) in [7, 11) is -1.58. The molecule has 2 atom stereocenters. The summed E-state index contributed by atoms with van der Waals surface area (Å²) in [5.74, 6) is -0.235. The molecule has 2 aromatic carbocycles. The second-order valence-electron chi connectivity index (χ2n) is 4.39. The van der Waals surface area contributed by atoms with Crippen molar-refractivity contribution in [3.8, 4) is 0 Å². The zero-order valence-corrected chi connectivity index (χ0v) is 14.1. The molecule has 0 radical (unpaired) electrons. The van der Waals surface area contributed by atoms with Crippen molar-refractivity contribution in [3.63, 3.8) is 0 Å². The van der Waals surface area contributed by atoms with Gasteiger partial charge in [0, 0.05) is 15.6 Å². The van der Waals surface area contributed by atoms with Gasteiger partial charge in [-0.3, -0.25) is 9.00 Å². The molecule has 0 amide bonds. The normalized spacial score (nSPS) is 13.7. The molecular formula is C15H11Cl3O2S. The van der Waals surface area contributed by atoms with Gasteiger partial charge in [-0.2, -0.15) is 0 Å². The van der Waals surface area contributed by atoms with E-state index in [1.165, 1.54) is 6.07 Å². The van der Waals surface area contributed by atoms with E-state index in [-0.39, 0.29) is 5.78 Å². The minimum atomic E-state index is -1.58. The lowest BCUT2D eigenvalue weighted by Gasteiger charge is -2.12. The van der Waals surface area contributed by atoms with E-state index in [9.17, 15) is 9.00 Å². The highest BCUT2D eigenvalue weighted by atomic mass is 35.5. The van der Waals surface area contributed by atoms with Crippen molar-refractivity contribution in [2.45, 2.75) is 17.1 Å². The third kappa shape index (κ3) is 3.86. The Hall–Kier alpha value is -0.870. The molecule has 0 spiro atoms. The Morgan fingerprint density at radius 1 is 1.00 bits per heavy atom. The molecule has 0 N–H and O–H groups in total. The summed E-state index contributed by atoms with van der Waals surface area (Å²) in [6.07, 6.45) is 0. The van der Waals surface area contributed by atoms with Crippen LogP contribution in [0.3, 0.4) is 0 Å². The quantitative estimate of drug-likeness (QED) is 0.716. The fourth-order valence-corrected chi connectivity index (χ4v) is 3.69. The van der Waals surface area contributed by atoms with Crippen molar-refractivity contribution in [3.05, 3.63) is 63.1 Å². The Balaban J connectivity index is 2.28. The third-order valence-corrected chi connectivity index (χ3v) is 5.49. The summed E-state index contributed by atoms with van der Waals surface area (Å²) in [6.45, 7) is 1.60. The summed E-state index contributed by atoms with van der Waals surface area (Å²) < 4.78 is 12.5. The number of rotatable bonds is 4. The van der Waals surface area contributed by atoms with E-state index in [4.69, 9.17) is 34.8 Å². The summed E-state index contributed by atoms with van der Waals surface area (Å²) in [6, 6.07) is 11.2. The molecule has 6 heteroatoms. The van der Waals surface area contributed by atoms with Gasteiger partial charge in [0.25, 0.3) is 0 Å². The third-order valence-electron chi connectivity index (χ3n) is 2.93. The van der Waals surface area contributed by atoms with E-state index in [1.807, 2.05) is 0 Å². The number of ketones is 1. The number of benzene rings is 2. The lowest BCUT2D eigenvalue weighted by Crippen LogP contribution is -2.23. The van der Waals surface area contributed by atoms with Crippen LogP contribution >= 0.6 is 34.8 Å².